The molecule has 3 aromatic heterocycles. The molecule has 6 rings (SSSR count). The van der Waals surface area contributed by atoms with E-state index in [-0.39, 0.29) is 5.91 Å². The first-order valence-electron chi connectivity index (χ1n) is 15.3. The molecule has 1 amide bonds. The monoisotopic (exact) mass is 659 g/mol. The zero-order valence-electron chi connectivity index (χ0n) is 26.4. The van der Waals surface area contributed by atoms with Gasteiger partial charge in [-0.25, -0.2) is 4.79 Å². The van der Waals surface area contributed by atoms with E-state index in [9.17, 15) is 18.0 Å². The zero-order chi connectivity index (χ0) is 34.5. The maximum absolute atomic E-state index is 13.2. The van der Waals surface area contributed by atoms with Crippen LogP contribution in [0.4, 0.5) is 13.2 Å². The molecule has 0 unspecified atom stereocenters. The lowest BCUT2D eigenvalue weighted by Crippen LogP contribution is -2.50. The summed E-state index contributed by atoms with van der Waals surface area (Å²) in [5.41, 5.74) is 10.8. The van der Waals surface area contributed by atoms with E-state index in [1.54, 1.807) is 13.8 Å². The SMILES string of the molecule is CC(C)(N)C(=O)N[C@H](Cc1c[nH]c2ccccc12)c1nnc(Cc2ccccc2)n1CCc1c[nH]c2ccccc12.O=C(O)C(F)(F)F. The predicted molar refractivity (Wildman–Crippen MR) is 176 cm³/mol. The zero-order valence-corrected chi connectivity index (χ0v) is 26.4. The lowest BCUT2D eigenvalue weighted by atomic mass is 10.0. The van der Waals surface area contributed by atoms with E-state index in [2.05, 4.69) is 73.6 Å². The number of para-hydroxylation sites is 2. The number of amides is 1. The molecule has 0 radical (unpaired) electrons. The number of hydrogen-bond acceptors (Lipinski definition) is 5. The number of carbonyl (C=O) groups excluding carboxylic acids is 1. The smallest absolute Gasteiger partial charge is 0.475 e. The molecule has 6 aromatic rings. The van der Waals surface area contributed by atoms with Gasteiger partial charge in [0.15, 0.2) is 5.82 Å². The van der Waals surface area contributed by atoms with Crippen LogP contribution >= 0.6 is 0 Å². The first kappa shape index (κ1) is 33.9. The van der Waals surface area contributed by atoms with Crippen molar-refractivity contribution in [3.05, 3.63) is 120 Å². The molecule has 0 saturated carbocycles. The fourth-order valence-electron chi connectivity index (χ4n) is 5.40. The quantitative estimate of drug-likeness (QED) is 0.124. The van der Waals surface area contributed by atoms with E-state index >= 15 is 0 Å². The molecule has 1 atom stereocenters. The number of nitrogens with one attached hydrogen (secondary N) is 3. The highest BCUT2D eigenvalue weighted by molar-refractivity contribution is 5.86. The number of aliphatic carboxylic acids is 1. The maximum atomic E-state index is 13.2. The summed E-state index contributed by atoms with van der Waals surface area (Å²) >= 11 is 0. The van der Waals surface area contributed by atoms with Crippen LogP contribution in [0.3, 0.4) is 0 Å². The third-order valence-corrected chi connectivity index (χ3v) is 7.88. The summed E-state index contributed by atoms with van der Waals surface area (Å²) in [4.78, 5) is 28.9. The van der Waals surface area contributed by atoms with E-state index in [1.165, 1.54) is 10.9 Å². The van der Waals surface area contributed by atoms with Crippen LogP contribution in [0.1, 0.15) is 48.2 Å². The summed E-state index contributed by atoms with van der Waals surface area (Å²) in [5, 5.41) is 22.0. The van der Waals surface area contributed by atoms with Gasteiger partial charge in [-0.3, -0.25) is 4.79 Å². The van der Waals surface area contributed by atoms with E-state index < -0.39 is 23.7 Å². The average molecular weight is 660 g/mol. The number of carboxylic acids is 1. The molecule has 0 bridgehead atoms. The van der Waals surface area contributed by atoms with E-state index in [4.69, 9.17) is 20.7 Å². The van der Waals surface area contributed by atoms with Crippen LogP contribution in [0.25, 0.3) is 21.8 Å². The second-order valence-electron chi connectivity index (χ2n) is 12.0. The number of aromatic amines is 2. The normalized spacial score (nSPS) is 12.5. The molecule has 250 valence electrons. The van der Waals surface area contributed by atoms with E-state index in [1.807, 2.05) is 42.6 Å². The Balaban J connectivity index is 0.000000582. The molecule has 0 spiro atoms. The number of nitrogens with two attached hydrogens (primary N) is 1. The number of aromatic nitrogens is 5. The molecular formula is C35H36F3N7O3. The fourth-order valence-corrected chi connectivity index (χ4v) is 5.40. The number of hydrogen-bond donors (Lipinski definition) is 5. The summed E-state index contributed by atoms with van der Waals surface area (Å²) < 4.78 is 33.9. The maximum Gasteiger partial charge on any atom is 0.490 e. The number of fused-ring (bicyclic) bond motifs is 2. The third-order valence-electron chi connectivity index (χ3n) is 7.88. The van der Waals surface area contributed by atoms with Crippen LogP contribution in [0, 0.1) is 0 Å². The first-order chi connectivity index (χ1) is 22.8. The van der Waals surface area contributed by atoms with Crippen molar-refractivity contribution in [3.8, 4) is 0 Å². The number of carbonyl (C=O) groups is 2. The molecule has 10 nitrogen and oxygen atoms in total. The molecule has 0 aliphatic rings. The number of alkyl halides is 3. The van der Waals surface area contributed by atoms with Gasteiger partial charge >= 0.3 is 12.1 Å². The van der Waals surface area contributed by atoms with Crippen LogP contribution in [-0.2, 0) is 35.4 Å². The van der Waals surface area contributed by atoms with Crippen LogP contribution < -0.4 is 11.1 Å². The molecular weight excluding hydrogens is 623 g/mol. The summed E-state index contributed by atoms with van der Waals surface area (Å²) in [6, 6.07) is 26.4. The minimum absolute atomic E-state index is 0.238. The largest absolute Gasteiger partial charge is 0.490 e. The van der Waals surface area contributed by atoms with Crippen molar-refractivity contribution in [2.45, 2.75) is 57.4 Å². The van der Waals surface area contributed by atoms with Crippen LogP contribution in [-0.4, -0.2) is 53.4 Å². The Kier molecular flexibility index (Phi) is 9.99. The molecule has 3 heterocycles. The highest BCUT2D eigenvalue weighted by atomic mass is 19.4. The highest BCUT2D eigenvalue weighted by Gasteiger charge is 2.38. The summed E-state index contributed by atoms with van der Waals surface area (Å²) in [6.07, 6.45) is 0.968. The summed E-state index contributed by atoms with van der Waals surface area (Å²) in [5.74, 6) is -1.42. The highest BCUT2D eigenvalue weighted by Crippen LogP contribution is 2.26. The number of nitrogens with zero attached hydrogens (tertiary/aromatic N) is 3. The molecule has 0 aliphatic carbocycles. The van der Waals surface area contributed by atoms with Crippen LogP contribution in [0.15, 0.2) is 91.3 Å². The number of carboxylic acid groups (broad SMARTS) is 1. The minimum atomic E-state index is -5.08. The molecule has 48 heavy (non-hydrogen) atoms. The number of benzene rings is 3. The van der Waals surface area contributed by atoms with Gasteiger partial charge in [0, 0.05) is 53.6 Å². The summed E-state index contributed by atoms with van der Waals surface area (Å²) in [6.45, 7) is 4.10. The van der Waals surface area contributed by atoms with Gasteiger partial charge in [-0.15, -0.1) is 10.2 Å². The Hall–Kier alpha value is -5.43. The topological polar surface area (TPSA) is 155 Å². The summed E-state index contributed by atoms with van der Waals surface area (Å²) in [7, 11) is 0. The van der Waals surface area contributed by atoms with Crippen molar-refractivity contribution in [3.63, 3.8) is 0 Å². The Morgan fingerprint density at radius 2 is 1.42 bits per heavy atom. The fraction of sp³-hybridized carbons (Fsp3) is 0.257. The Bertz CT molecular complexity index is 2010. The molecule has 13 heteroatoms. The molecule has 0 aliphatic heterocycles. The van der Waals surface area contributed by atoms with Gasteiger partial charge in [0.2, 0.25) is 5.91 Å². The number of halogens is 3. The molecule has 0 saturated heterocycles. The number of rotatable bonds is 10. The van der Waals surface area contributed by atoms with Crippen molar-refractivity contribution >= 4 is 33.7 Å². The van der Waals surface area contributed by atoms with Gasteiger partial charge in [-0.05, 0) is 49.1 Å². The second kappa shape index (κ2) is 14.1. The molecule has 3 aromatic carbocycles. The van der Waals surface area contributed by atoms with Gasteiger partial charge in [0.05, 0.1) is 11.6 Å². The lowest BCUT2D eigenvalue weighted by Gasteiger charge is -2.25. The van der Waals surface area contributed by atoms with Crippen LogP contribution in [0.5, 0.6) is 0 Å². The second-order valence-corrected chi connectivity index (χ2v) is 12.0. The van der Waals surface area contributed by atoms with E-state index in [0.29, 0.717) is 19.4 Å². The lowest BCUT2D eigenvalue weighted by molar-refractivity contribution is -0.192. The van der Waals surface area contributed by atoms with Crippen molar-refractivity contribution in [1.82, 2.24) is 30.0 Å². The Labute approximate surface area is 274 Å². The van der Waals surface area contributed by atoms with Gasteiger partial charge in [0.25, 0.3) is 0 Å². The van der Waals surface area contributed by atoms with Gasteiger partial charge in [0.1, 0.15) is 5.82 Å². The van der Waals surface area contributed by atoms with Crippen molar-refractivity contribution in [2.75, 3.05) is 0 Å². The van der Waals surface area contributed by atoms with Crippen molar-refractivity contribution < 1.29 is 27.9 Å². The van der Waals surface area contributed by atoms with Gasteiger partial charge < -0.3 is 30.7 Å². The van der Waals surface area contributed by atoms with E-state index in [0.717, 1.165) is 45.6 Å². The van der Waals surface area contributed by atoms with Crippen molar-refractivity contribution in [1.29, 1.82) is 0 Å². The van der Waals surface area contributed by atoms with Crippen molar-refractivity contribution in [2.24, 2.45) is 5.73 Å². The number of aryl methyl sites for hydroxylation is 1. The minimum Gasteiger partial charge on any atom is -0.475 e. The predicted octanol–water partition coefficient (Wildman–Crippen LogP) is 5.84. The molecule has 0 fully saturated rings. The Morgan fingerprint density at radius 1 is 0.875 bits per heavy atom. The standard InChI is InChI=1S/C33H35N7O.C2HF3O2/c1-33(2,34)32(41)37-29(19-24-21-36-28-15-9-7-13-26(24)28)31-39-38-30(18-22-10-4-3-5-11-22)40(31)17-16-23-20-35-27-14-8-6-12-25(23)27;3-2(4,5)1(6)7/h3-15,20-21,29,35-36H,16-19,34H2,1-2H3,(H,37,41);(H,6,7)/t29-;/m1./s1. The average Bonchev–Trinajstić information content (AvgIpc) is 3.77. The van der Waals surface area contributed by atoms with Gasteiger partial charge in [-0.2, -0.15) is 13.2 Å². The number of H-pyrrole nitrogens is 2. The first-order valence-corrected chi connectivity index (χ1v) is 15.3. The van der Waals surface area contributed by atoms with Gasteiger partial charge in [-0.1, -0.05) is 66.7 Å². The Morgan fingerprint density at radius 3 is 2.00 bits per heavy atom. The molecule has 6 N–H and O–H groups in total. The third kappa shape index (κ3) is 8.10. The van der Waals surface area contributed by atoms with Crippen LogP contribution in [0.2, 0.25) is 0 Å².